The minimum atomic E-state index is -3.80. The summed E-state index contributed by atoms with van der Waals surface area (Å²) in [7, 11) is -2.40. The van der Waals surface area contributed by atoms with Gasteiger partial charge < -0.3 is 20.1 Å². The SMILES string of the molecule is COc1c(NCC(=O)Nc2ccc(Oc3ccccc3)cc2)cccc1S(=O)(=O)c1ccccc1. The van der Waals surface area contributed by atoms with E-state index < -0.39 is 9.84 Å². The van der Waals surface area contributed by atoms with Crippen molar-refractivity contribution >= 4 is 27.1 Å². The van der Waals surface area contributed by atoms with Crippen molar-refractivity contribution in [1.82, 2.24) is 0 Å². The van der Waals surface area contributed by atoms with E-state index in [1.165, 1.54) is 25.3 Å². The molecule has 0 atom stereocenters. The maximum atomic E-state index is 13.1. The summed E-state index contributed by atoms with van der Waals surface area (Å²) in [6.45, 7) is -0.0898. The van der Waals surface area contributed by atoms with E-state index in [2.05, 4.69) is 10.6 Å². The number of rotatable bonds is 9. The Morgan fingerprint density at radius 3 is 2.06 bits per heavy atom. The van der Waals surface area contributed by atoms with Gasteiger partial charge in [-0.3, -0.25) is 4.79 Å². The molecule has 0 aliphatic heterocycles. The molecule has 4 aromatic rings. The van der Waals surface area contributed by atoms with Gasteiger partial charge in [0.1, 0.15) is 16.4 Å². The van der Waals surface area contributed by atoms with Crippen molar-refractivity contribution in [1.29, 1.82) is 0 Å². The van der Waals surface area contributed by atoms with Gasteiger partial charge in [0.25, 0.3) is 0 Å². The number of carbonyl (C=O) groups is 1. The van der Waals surface area contributed by atoms with Crippen LogP contribution < -0.4 is 20.1 Å². The second-order valence-corrected chi connectivity index (χ2v) is 9.41. The first-order valence-electron chi connectivity index (χ1n) is 10.8. The molecule has 1 amide bonds. The van der Waals surface area contributed by atoms with E-state index in [9.17, 15) is 13.2 Å². The van der Waals surface area contributed by atoms with Gasteiger partial charge in [-0.05, 0) is 60.7 Å². The van der Waals surface area contributed by atoms with Crippen LogP contribution in [-0.4, -0.2) is 28.0 Å². The number of amides is 1. The second-order valence-electron chi connectivity index (χ2n) is 7.49. The van der Waals surface area contributed by atoms with Crippen LogP contribution >= 0.6 is 0 Å². The zero-order valence-corrected chi connectivity index (χ0v) is 19.8. The lowest BCUT2D eigenvalue weighted by atomic mass is 10.2. The van der Waals surface area contributed by atoms with Gasteiger partial charge >= 0.3 is 0 Å². The molecule has 0 saturated carbocycles. The van der Waals surface area contributed by atoms with E-state index in [0.29, 0.717) is 17.1 Å². The lowest BCUT2D eigenvalue weighted by Crippen LogP contribution is -2.22. The van der Waals surface area contributed by atoms with Crippen molar-refractivity contribution < 1.29 is 22.7 Å². The van der Waals surface area contributed by atoms with Gasteiger partial charge in [-0.15, -0.1) is 0 Å². The van der Waals surface area contributed by atoms with Gasteiger partial charge in [-0.25, -0.2) is 8.42 Å². The quantitative estimate of drug-likeness (QED) is 0.329. The molecule has 2 N–H and O–H groups in total. The van der Waals surface area contributed by atoms with Crippen molar-refractivity contribution in [3.05, 3.63) is 103 Å². The van der Waals surface area contributed by atoms with Crippen LogP contribution in [0.1, 0.15) is 0 Å². The summed E-state index contributed by atoms with van der Waals surface area (Å²) in [5.74, 6) is 1.21. The molecule has 0 aromatic heterocycles. The Kier molecular flexibility index (Phi) is 7.32. The number of hydrogen-bond acceptors (Lipinski definition) is 6. The Morgan fingerprint density at radius 2 is 1.40 bits per heavy atom. The van der Waals surface area contributed by atoms with E-state index in [1.807, 2.05) is 30.3 Å². The zero-order valence-electron chi connectivity index (χ0n) is 19.0. The molecule has 0 fully saturated rings. The Labute approximate surface area is 204 Å². The summed E-state index contributed by atoms with van der Waals surface area (Å²) in [5, 5.41) is 5.76. The van der Waals surface area contributed by atoms with Crippen LogP contribution in [0.5, 0.6) is 17.2 Å². The van der Waals surface area contributed by atoms with Gasteiger partial charge in [0.05, 0.1) is 24.2 Å². The molecule has 0 radical (unpaired) electrons. The summed E-state index contributed by atoms with van der Waals surface area (Å²) in [5.41, 5.74) is 0.996. The van der Waals surface area contributed by atoms with Crippen LogP contribution in [0.2, 0.25) is 0 Å². The molecule has 0 unspecified atom stereocenters. The topological polar surface area (TPSA) is 93.7 Å². The molecule has 4 rings (SSSR count). The van der Waals surface area contributed by atoms with E-state index in [1.54, 1.807) is 54.6 Å². The van der Waals surface area contributed by atoms with Gasteiger partial charge in [0, 0.05) is 5.69 Å². The average Bonchev–Trinajstić information content (AvgIpc) is 2.89. The van der Waals surface area contributed by atoms with Gasteiger partial charge in [-0.2, -0.15) is 0 Å². The van der Waals surface area contributed by atoms with Crippen molar-refractivity contribution in [2.24, 2.45) is 0 Å². The first kappa shape index (κ1) is 23.8. The minimum Gasteiger partial charge on any atom is -0.493 e. The number of hydrogen-bond donors (Lipinski definition) is 2. The molecule has 0 heterocycles. The highest BCUT2D eigenvalue weighted by molar-refractivity contribution is 7.91. The molecule has 0 bridgehead atoms. The van der Waals surface area contributed by atoms with E-state index in [4.69, 9.17) is 9.47 Å². The number of carbonyl (C=O) groups excluding carboxylic acids is 1. The number of ether oxygens (including phenoxy) is 2. The highest BCUT2D eigenvalue weighted by Crippen LogP contribution is 2.35. The zero-order chi connectivity index (χ0) is 24.7. The average molecular weight is 489 g/mol. The Bertz CT molecular complexity index is 1390. The fraction of sp³-hybridized carbons (Fsp3) is 0.0741. The highest BCUT2D eigenvalue weighted by Gasteiger charge is 2.24. The van der Waals surface area contributed by atoms with Crippen LogP contribution in [0.4, 0.5) is 11.4 Å². The van der Waals surface area contributed by atoms with Crippen LogP contribution in [0.3, 0.4) is 0 Å². The minimum absolute atomic E-state index is 0.0191. The standard InChI is InChI=1S/C27H24N2O5S/c1-33-27-24(13-8-14-25(27)35(31,32)23-11-6-3-7-12-23)28-19-26(30)29-20-15-17-22(18-16-20)34-21-9-4-2-5-10-21/h2-18,28H,19H2,1H3,(H,29,30). The van der Waals surface area contributed by atoms with E-state index in [-0.39, 0.29) is 28.0 Å². The fourth-order valence-corrected chi connectivity index (χ4v) is 4.88. The van der Waals surface area contributed by atoms with Crippen molar-refractivity contribution in [3.63, 3.8) is 0 Å². The summed E-state index contributed by atoms with van der Waals surface area (Å²) in [6, 6.07) is 29.3. The number of anilines is 2. The molecule has 178 valence electrons. The van der Waals surface area contributed by atoms with Crippen LogP contribution in [0.25, 0.3) is 0 Å². The van der Waals surface area contributed by atoms with E-state index in [0.717, 1.165) is 5.75 Å². The van der Waals surface area contributed by atoms with Crippen LogP contribution in [0, 0.1) is 0 Å². The number of para-hydroxylation sites is 2. The fourth-order valence-electron chi connectivity index (χ4n) is 3.42. The molecule has 0 aliphatic rings. The molecule has 4 aromatic carbocycles. The van der Waals surface area contributed by atoms with Gasteiger partial charge in [-0.1, -0.05) is 42.5 Å². The molecule has 0 spiro atoms. The summed E-state index contributed by atoms with van der Waals surface area (Å²) < 4.78 is 37.3. The third-order valence-electron chi connectivity index (χ3n) is 5.08. The number of methoxy groups -OCH3 is 1. The predicted octanol–water partition coefficient (Wildman–Crippen LogP) is 5.37. The van der Waals surface area contributed by atoms with E-state index >= 15 is 0 Å². The van der Waals surface area contributed by atoms with Gasteiger partial charge in [0.15, 0.2) is 5.75 Å². The largest absolute Gasteiger partial charge is 0.493 e. The molecule has 8 heteroatoms. The molecular weight excluding hydrogens is 464 g/mol. The lowest BCUT2D eigenvalue weighted by molar-refractivity contribution is -0.114. The predicted molar refractivity (Wildman–Crippen MR) is 135 cm³/mol. The Hall–Kier alpha value is -4.30. The molecule has 35 heavy (non-hydrogen) atoms. The van der Waals surface area contributed by atoms with Crippen molar-refractivity contribution in [3.8, 4) is 17.2 Å². The third kappa shape index (κ3) is 5.80. The smallest absolute Gasteiger partial charge is 0.243 e. The Balaban J connectivity index is 1.41. The maximum Gasteiger partial charge on any atom is 0.243 e. The first-order chi connectivity index (χ1) is 17.0. The normalized spacial score (nSPS) is 10.9. The summed E-state index contributed by atoms with van der Waals surface area (Å²) in [4.78, 5) is 12.7. The molecular formula is C27H24N2O5S. The second kappa shape index (κ2) is 10.8. The molecule has 0 saturated heterocycles. The summed E-state index contributed by atoms with van der Waals surface area (Å²) >= 11 is 0. The van der Waals surface area contributed by atoms with Crippen molar-refractivity contribution in [2.45, 2.75) is 9.79 Å². The van der Waals surface area contributed by atoms with Crippen LogP contribution in [-0.2, 0) is 14.6 Å². The lowest BCUT2D eigenvalue weighted by Gasteiger charge is -2.15. The number of sulfone groups is 1. The van der Waals surface area contributed by atoms with Crippen molar-refractivity contribution in [2.75, 3.05) is 24.3 Å². The Morgan fingerprint density at radius 1 is 0.771 bits per heavy atom. The monoisotopic (exact) mass is 488 g/mol. The summed E-state index contributed by atoms with van der Waals surface area (Å²) in [6.07, 6.45) is 0. The number of nitrogens with one attached hydrogen (secondary N) is 2. The molecule has 0 aliphatic carbocycles. The maximum absolute atomic E-state index is 13.1. The highest BCUT2D eigenvalue weighted by atomic mass is 32.2. The first-order valence-corrected chi connectivity index (χ1v) is 12.3. The number of benzene rings is 4. The third-order valence-corrected chi connectivity index (χ3v) is 6.88. The van der Waals surface area contributed by atoms with Gasteiger partial charge in [0.2, 0.25) is 15.7 Å². The molecule has 7 nitrogen and oxygen atoms in total. The van der Waals surface area contributed by atoms with Crippen LogP contribution in [0.15, 0.2) is 113 Å².